The summed E-state index contributed by atoms with van der Waals surface area (Å²) in [5.74, 6) is -5.40. The molecule has 4 aromatic rings. The molecule has 0 saturated carbocycles. The molecule has 0 aliphatic carbocycles. The maximum Gasteiger partial charge on any atom is 0.267 e. The molecule has 2 fully saturated rings. The highest BCUT2D eigenvalue weighted by atomic mass is 19.3. The van der Waals surface area contributed by atoms with E-state index < -0.39 is 23.7 Å². The van der Waals surface area contributed by atoms with E-state index in [1.54, 1.807) is 48.5 Å². The maximum atomic E-state index is 13.9. The first-order chi connectivity index (χ1) is 21.3. The zero-order valence-electron chi connectivity index (χ0n) is 24.5. The van der Waals surface area contributed by atoms with Crippen LogP contribution in [0.5, 0.6) is 11.5 Å². The quantitative estimate of drug-likeness (QED) is 0.200. The Morgan fingerprint density at radius 3 is 1.23 bits per heavy atom. The standard InChI is InChI=1S/2C18H19F2NO/c2*19-18(20)13-21-11-10-17(18)15-6-8-16(9-7-15)22-12-14-4-2-1-3-5-14/h2*1-9,17,21H,10-13H2. The largest absolute Gasteiger partial charge is 0.489 e. The molecule has 232 valence electrons. The molecule has 4 aromatic carbocycles. The van der Waals surface area contributed by atoms with Crippen LogP contribution in [0.3, 0.4) is 0 Å². The second-order valence-electron chi connectivity index (χ2n) is 11.2. The first-order valence-corrected chi connectivity index (χ1v) is 15.0. The van der Waals surface area contributed by atoms with Crippen LogP contribution in [0.2, 0.25) is 0 Å². The van der Waals surface area contributed by atoms with Gasteiger partial charge in [-0.05, 0) is 72.5 Å². The summed E-state index contributed by atoms with van der Waals surface area (Å²) >= 11 is 0. The van der Waals surface area contributed by atoms with Gasteiger partial charge in [0.2, 0.25) is 0 Å². The summed E-state index contributed by atoms with van der Waals surface area (Å²) in [6, 6.07) is 33.8. The smallest absolute Gasteiger partial charge is 0.267 e. The first kappa shape index (κ1) is 31.5. The van der Waals surface area contributed by atoms with Gasteiger partial charge >= 0.3 is 0 Å². The second kappa shape index (κ2) is 14.7. The Morgan fingerprint density at radius 2 is 0.886 bits per heavy atom. The molecule has 2 saturated heterocycles. The summed E-state index contributed by atoms with van der Waals surface area (Å²) < 4.78 is 67.1. The summed E-state index contributed by atoms with van der Waals surface area (Å²) in [7, 11) is 0. The van der Waals surface area contributed by atoms with Crippen LogP contribution >= 0.6 is 0 Å². The molecule has 2 aliphatic heterocycles. The molecule has 6 rings (SSSR count). The number of benzene rings is 4. The van der Waals surface area contributed by atoms with Crippen molar-refractivity contribution in [1.82, 2.24) is 10.6 Å². The number of alkyl halides is 4. The van der Waals surface area contributed by atoms with E-state index in [1.165, 1.54) is 0 Å². The molecule has 4 nitrogen and oxygen atoms in total. The summed E-state index contributed by atoms with van der Waals surface area (Å²) in [6.07, 6.45) is 0.911. The van der Waals surface area contributed by atoms with Gasteiger partial charge < -0.3 is 20.1 Å². The van der Waals surface area contributed by atoms with Gasteiger partial charge in [0.25, 0.3) is 11.8 Å². The van der Waals surface area contributed by atoms with Gasteiger partial charge in [0.15, 0.2) is 0 Å². The molecule has 44 heavy (non-hydrogen) atoms. The molecule has 0 aromatic heterocycles. The Labute approximate surface area is 256 Å². The number of halogens is 4. The number of nitrogens with one attached hydrogen (secondary N) is 2. The number of piperidine rings is 2. The molecular weight excluding hydrogens is 568 g/mol. The minimum atomic E-state index is -2.69. The van der Waals surface area contributed by atoms with Crippen LogP contribution in [0, 0.1) is 0 Å². The number of hydrogen-bond acceptors (Lipinski definition) is 4. The Kier molecular flexibility index (Phi) is 10.6. The molecule has 8 heteroatoms. The van der Waals surface area contributed by atoms with Crippen molar-refractivity contribution in [3.63, 3.8) is 0 Å². The van der Waals surface area contributed by atoms with E-state index in [-0.39, 0.29) is 13.1 Å². The van der Waals surface area contributed by atoms with Crippen molar-refractivity contribution in [2.24, 2.45) is 0 Å². The Hall–Kier alpha value is -3.88. The molecule has 2 N–H and O–H groups in total. The van der Waals surface area contributed by atoms with E-state index >= 15 is 0 Å². The fourth-order valence-electron chi connectivity index (χ4n) is 5.57. The van der Waals surface area contributed by atoms with Gasteiger partial charge in [-0.1, -0.05) is 84.9 Å². The fraction of sp³-hybridized carbons (Fsp3) is 0.333. The highest BCUT2D eigenvalue weighted by Crippen LogP contribution is 2.39. The normalized spacial score (nSPS) is 20.5. The monoisotopic (exact) mass is 606 g/mol. The molecule has 0 amide bonds. The average molecular weight is 607 g/mol. The van der Waals surface area contributed by atoms with Crippen molar-refractivity contribution in [2.45, 2.75) is 49.7 Å². The van der Waals surface area contributed by atoms with Gasteiger partial charge in [-0.15, -0.1) is 0 Å². The maximum absolute atomic E-state index is 13.9. The Bertz CT molecular complexity index is 1310. The summed E-state index contributed by atoms with van der Waals surface area (Å²) in [5.41, 5.74) is 3.52. The third-order valence-corrected chi connectivity index (χ3v) is 8.02. The summed E-state index contributed by atoms with van der Waals surface area (Å²) in [4.78, 5) is 0. The van der Waals surface area contributed by atoms with E-state index in [1.807, 2.05) is 60.7 Å². The van der Waals surface area contributed by atoms with Crippen molar-refractivity contribution in [2.75, 3.05) is 26.2 Å². The van der Waals surface area contributed by atoms with Gasteiger partial charge in [-0.3, -0.25) is 0 Å². The van der Waals surface area contributed by atoms with Crippen LogP contribution in [-0.2, 0) is 13.2 Å². The molecule has 0 bridgehead atoms. The first-order valence-electron chi connectivity index (χ1n) is 15.0. The minimum Gasteiger partial charge on any atom is -0.489 e. The van der Waals surface area contributed by atoms with Crippen LogP contribution in [0.4, 0.5) is 17.6 Å². The predicted octanol–water partition coefficient (Wildman–Crippen LogP) is 7.96. The predicted molar refractivity (Wildman–Crippen MR) is 165 cm³/mol. The van der Waals surface area contributed by atoms with Gasteiger partial charge in [-0.2, -0.15) is 0 Å². The Morgan fingerprint density at radius 1 is 0.523 bits per heavy atom. The van der Waals surface area contributed by atoms with Crippen LogP contribution in [0.1, 0.15) is 46.9 Å². The van der Waals surface area contributed by atoms with E-state index in [0.29, 0.717) is 61.8 Å². The minimum absolute atomic E-state index is 0.246. The van der Waals surface area contributed by atoms with E-state index in [4.69, 9.17) is 9.47 Å². The summed E-state index contributed by atoms with van der Waals surface area (Å²) in [5, 5.41) is 5.50. The molecule has 2 heterocycles. The van der Waals surface area contributed by atoms with E-state index in [0.717, 1.165) is 11.1 Å². The van der Waals surface area contributed by atoms with Gasteiger partial charge in [0.1, 0.15) is 24.7 Å². The van der Waals surface area contributed by atoms with E-state index in [2.05, 4.69) is 10.6 Å². The third kappa shape index (κ3) is 8.61. The third-order valence-electron chi connectivity index (χ3n) is 8.02. The number of rotatable bonds is 8. The van der Waals surface area contributed by atoms with Gasteiger partial charge in [-0.25, -0.2) is 17.6 Å². The van der Waals surface area contributed by atoms with Crippen molar-refractivity contribution in [3.05, 3.63) is 131 Å². The van der Waals surface area contributed by atoms with Crippen molar-refractivity contribution in [1.29, 1.82) is 0 Å². The zero-order valence-corrected chi connectivity index (χ0v) is 24.5. The van der Waals surface area contributed by atoms with Gasteiger partial charge in [0, 0.05) is 0 Å². The molecule has 0 spiro atoms. The van der Waals surface area contributed by atoms with Crippen LogP contribution in [0.25, 0.3) is 0 Å². The highest BCUT2D eigenvalue weighted by Gasteiger charge is 2.43. The molecular formula is C36H38F4N2O2. The molecule has 2 atom stereocenters. The van der Waals surface area contributed by atoms with Crippen LogP contribution in [-0.4, -0.2) is 38.0 Å². The lowest BCUT2D eigenvalue weighted by atomic mass is 9.87. The topological polar surface area (TPSA) is 42.5 Å². The Balaban J connectivity index is 0.000000175. The van der Waals surface area contributed by atoms with Crippen LogP contribution in [0.15, 0.2) is 109 Å². The average Bonchev–Trinajstić information content (AvgIpc) is 3.04. The lowest BCUT2D eigenvalue weighted by Crippen LogP contribution is -2.44. The lowest BCUT2D eigenvalue weighted by molar-refractivity contribution is -0.0425. The van der Waals surface area contributed by atoms with E-state index in [9.17, 15) is 17.6 Å². The molecule has 2 unspecified atom stereocenters. The van der Waals surface area contributed by atoms with Gasteiger partial charge in [0.05, 0.1) is 24.9 Å². The highest BCUT2D eigenvalue weighted by molar-refractivity contribution is 5.32. The number of hydrogen-bond donors (Lipinski definition) is 2. The fourth-order valence-corrected chi connectivity index (χ4v) is 5.57. The zero-order chi connectivity index (χ0) is 30.8. The van der Waals surface area contributed by atoms with Crippen LogP contribution < -0.4 is 20.1 Å². The van der Waals surface area contributed by atoms with Crippen molar-refractivity contribution in [3.8, 4) is 11.5 Å². The molecule has 0 radical (unpaired) electrons. The SMILES string of the molecule is FC1(F)CNCCC1c1ccc(OCc2ccccc2)cc1.FC1(F)CNCCC1c1ccc(OCc2ccccc2)cc1. The van der Waals surface area contributed by atoms with Crippen molar-refractivity contribution >= 4 is 0 Å². The molecule has 2 aliphatic rings. The number of ether oxygens (including phenoxy) is 2. The summed E-state index contributed by atoms with van der Waals surface area (Å²) in [6.45, 7) is 1.72. The lowest BCUT2D eigenvalue weighted by Gasteiger charge is -2.32. The van der Waals surface area contributed by atoms with Crippen molar-refractivity contribution < 1.29 is 27.0 Å². The second-order valence-corrected chi connectivity index (χ2v) is 11.2.